The molecule has 96 valence electrons. The van der Waals surface area contributed by atoms with Crippen LogP contribution >= 0.6 is 0 Å². The molecule has 6 nitrogen and oxygen atoms in total. The zero-order chi connectivity index (χ0) is 12.3. The summed E-state index contributed by atoms with van der Waals surface area (Å²) in [4.78, 5) is 2.40. The van der Waals surface area contributed by atoms with Crippen LogP contribution in [0.3, 0.4) is 0 Å². The highest BCUT2D eigenvalue weighted by atomic mass is 16.5. The number of nitrogens with two attached hydrogens (primary N) is 1. The first-order chi connectivity index (χ1) is 8.09. The van der Waals surface area contributed by atoms with E-state index in [1.807, 2.05) is 10.9 Å². The molecule has 0 atom stereocenters. The Morgan fingerprint density at radius 3 is 2.94 bits per heavy atom. The summed E-state index contributed by atoms with van der Waals surface area (Å²) >= 11 is 0. The number of hydrogen-bond donors (Lipinski definition) is 1. The van der Waals surface area contributed by atoms with E-state index in [2.05, 4.69) is 29.1 Å². The minimum absolute atomic E-state index is 0.0387. The second-order valence-corrected chi connectivity index (χ2v) is 5.06. The van der Waals surface area contributed by atoms with E-state index in [1.54, 1.807) is 0 Å². The van der Waals surface area contributed by atoms with Crippen LogP contribution in [-0.2, 0) is 17.8 Å². The fraction of sp³-hybridized carbons (Fsp3) is 0.818. The number of morpholine rings is 1. The molecule has 0 spiro atoms. The van der Waals surface area contributed by atoms with Gasteiger partial charge in [0.2, 0.25) is 0 Å². The third-order valence-corrected chi connectivity index (χ3v) is 2.95. The molecule has 0 unspecified atom stereocenters. The molecule has 1 fully saturated rings. The Balaban J connectivity index is 1.81. The first kappa shape index (κ1) is 12.5. The van der Waals surface area contributed by atoms with Crippen molar-refractivity contribution in [3.63, 3.8) is 0 Å². The number of ether oxygens (including phenoxy) is 1. The molecule has 1 aromatic rings. The van der Waals surface area contributed by atoms with E-state index in [1.165, 1.54) is 0 Å². The Morgan fingerprint density at radius 1 is 1.47 bits per heavy atom. The van der Waals surface area contributed by atoms with Gasteiger partial charge in [-0.15, -0.1) is 5.10 Å². The summed E-state index contributed by atoms with van der Waals surface area (Å²) in [5.74, 6) is 0. The number of rotatable bonds is 4. The Morgan fingerprint density at radius 2 is 2.29 bits per heavy atom. The molecule has 1 aromatic heterocycles. The van der Waals surface area contributed by atoms with Gasteiger partial charge in [0.05, 0.1) is 24.4 Å². The number of nitrogens with zero attached hydrogens (tertiary/aromatic N) is 4. The minimum atomic E-state index is -0.0387. The zero-order valence-corrected chi connectivity index (χ0v) is 10.6. The van der Waals surface area contributed by atoms with E-state index < -0.39 is 0 Å². The zero-order valence-electron chi connectivity index (χ0n) is 10.6. The first-order valence-corrected chi connectivity index (χ1v) is 6.04. The van der Waals surface area contributed by atoms with Gasteiger partial charge in [0, 0.05) is 32.4 Å². The van der Waals surface area contributed by atoms with Gasteiger partial charge in [0.15, 0.2) is 0 Å². The molecule has 0 bridgehead atoms. The second kappa shape index (κ2) is 5.12. The van der Waals surface area contributed by atoms with Crippen LogP contribution in [0.2, 0.25) is 0 Å². The quantitative estimate of drug-likeness (QED) is 0.791. The average Bonchev–Trinajstić information content (AvgIpc) is 2.73. The molecule has 0 saturated carbocycles. The van der Waals surface area contributed by atoms with Crippen LogP contribution in [0.1, 0.15) is 19.5 Å². The highest BCUT2D eigenvalue weighted by Gasteiger charge is 2.26. The van der Waals surface area contributed by atoms with E-state index in [4.69, 9.17) is 10.5 Å². The molecule has 6 heteroatoms. The molecule has 0 radical (unpaired) electrons. The van der Waals surface area contributed by atoms with Crippen LogP contribution in [0, 0.1) is 0 Å². The van der Waals surface area contributed by atoms with Gasteiger partial charge >= 0.3 is 0 Å². The molecule has 0 amide bonds. The van der Waals surface area contributed by atoms with Gasteiger partial charge in [-0.2, -0.15) is 0 Å². The Bertz CT molecular complexity index is 362. The topological polar surface area (TPSA) is 69.2 Å². The van der Waals surface area contributed by atoms with Gasteiger partial charge in [-0.1, -0.05) is 5.21 Å². The third-order valence-electron chi connectivity index (χ3n) is 2.95. The highest BCUT2D eigenvalue weighted by Crippen LogP contribution is 2.15. The summed E-state index contributed by atoms with van der Waals surface area (Å²) in [6, 6.07) is 0. The van der Waals surface area contributed by atoms with Gasteiger partial charge in [-0.3, -0.25) is 9.58 Å². The van der Waals surface area contributed by atoms with Crippen molar-refractivity contribution in [2.75, 3.05) is 26.2 Å². The molecule has 0 aliphatic carbocycles. The lowest BCUT2D eigenvalue weighted by molar-refractivity contribution is -0.0866. The molecule has 2 rings (SSSR count). The molecule has 0 aromatic carbocycles. The van der Waals surface area contributed by atoms with Crippen LogP contribution in [-0.4, -0.2) is 51.7 Å². The van der Waals surface area contributed by atoms with Crippen molar-refractivity contribution >= 4 is 0 Å². The summed E-state index contributed by atoms with van der Waals surface area (Å²) in [6.07, 6.45) is 1.91. The predicted molar refractivity (Wildman–Crippen MR) is 64.4 cm³/mol. The Labute approximate surface area is 102 Å². The van der Waals surface area contributed by atoms with Gasteiger partial charge in [0.1, 0.15) is 0 Å². The maximum atomic E-state index is 5.68. The normalized spacial score (nSPS) is 20.6. The van der Waals surface area contributed by atoms with Crippen molar-refractivity contribution in [2.24, 2.45) is 5.73 Å². The minimum Gasteiger partial charge on any atom is -0.373 e. The van der Waals surface area contributed by atoms with Crippen molar-refractivity contribution in [2.45, 2.75) is 32.5 Å². The Kier molecular flexibility index (Phi) is 3.76. The van der Waals surface area contributed by atoms with Gasteiger partial charge in [-0.05, 0) is 13.8 Å². The Hall–Kier alpha value is -0.980. The molecule has 2 heterocycles. The van der Waals surface area contributed by atoms with E-state index in [9.17, 15) is 0 Å². The average molecular weight is 239 g/mol. The van der Waals surface area contributed by atoms with Gasteiger partial charge < -0.3 is 10.5 Å². The van der Waals surface area contributed by atoms with Crippen molar-refractivity contribution in [3.05, 3.63) is 11.9 Å². The fourth-order valence-corrected chi connectivity index (χ4v) is 2.09. The van der Waals surface area contributed by atoms with Crippen LogP contribution in [0.5, 0.6) is 0 Å². The van der Waals surface area contributed by atoms with E-state index in [0.29, 0.717) is 6.54 Å². The monoisotopic (exact) mass is 239 g/mol. The first-order valence-electron chi connectivity index (χ1n) is 6.04. The van der Waals surface area contributed by atoms with Crippen molar-refractivity contribution in [3.8, 4) is 0 Å². The van der Waals surface area contributed by atoms with Gasteiger partial charge in [-0.25, -0.2) is 0 Å². The summed E-state index contributed by atoms with van der Waals surface area (Å²) in [5.41, 5.74) is 6.30. The maximum absolute atomic E-state index is 5.68. The maximum Gasteiger partial charge on any atom is 0.0962 e. The lowest BCUT2D eigenvalue weighted by atomic mass is 10.1. The summed E-state index contributed by atoms with van der Waals surface area (Å²) < 4.78 is 7.53. The number of aromatic nitrogens is 3. The second-order valence-electron chi connectivity index (χ2n) is 5.06. The molecule has 1 aliphatic rings. The summed E-state index contributed by atoms with van der Waals surface area (Å²) in [5, 5.41) is 8.01. The molecule has 17 heavy (non-hydrogen) atoms. The summed E-state index contributed by atoms with van der Waals surface area (Å²) in [7, 11) is 0. The van der Waals surface area contributed by atoms with Crippen LogP contribution < -0.4 is 5.73 Å². The van der Waals surface area contributed by atoms with E-state index in [0.717, 1.165) is 38.5 Å². The summed E-state index contributed by atoms with van der Waals surface area (Å²) in [6.45, 7) is 9.28. The number of hydrogen-bond acceptors (Lipinski definition) is 5. The van der Waals surface area contributed by atoms with Gasteiger partial charge in [0.25, 0.3) is 0 Å². The smallest absolute Gasteiger partial charge is 0.0962 e. The lowest BCUT2D eigenvalue weighted by Crippen LogP contribution is -2.49. The van der Waals surface area contributed by atoms with Crippen molar-refractivity contribution < 1.29 is 4.74 Å². The lowest BCUT2D eigenvalue weighted by Gasteiger charge is -2.38. The standard InChI is InChI=1S/C11H21N5O/c1-11(2)9-15(5-6-17-11)3-4-16-8-10(7-12)13-14-16/h8H,3-7,9,12H2,1-2H3. The third kappa shape index (κ3) is 3.49. The van der Waals surface area contributed by atoms with Crippen molar-refractivity contribution in [1.82, 2.24) is 19.9 Å². The molecule has 2 N–H and O–H groups in total. The van der Waals surface area contributed by atoms with Crippen LogP contribution in [0.15, 0.2) is 6.20 Å². The highest BCUT2D eigenvalue weighted by molar-refractivity contribution is 4.90. The SMILES string of the molecule is CC1(C)CN(CCn2cc(CN)nn2)CCO1. The van der Waals surface area contributed by atoms with Crippen LogP contribution in [0.25, 0.3) is 0 Å². The fourth-order valence-electron chi connectivity index (χ4n) is 2.09. The molecule has 1 saturated heterocycles. The molecule has 1 aliphatic heterocycles. The van der Waals surface area contributed by atoms with E-state index in [-0.39, 0.29) is 5.60 Å². The van der Waals surface area contributed by atoms with E-state index >= 15 is 0 Å². The van der Waals surface area contributed by atoms with Crippen molar-refractivity contribution in [1.29, 1.82) is 0 Å². The molecular weight excluding hydrogens is 218 g/mol. The molecular formula is C11H21N5O. The predicted octanol–water partition coefficient (Wildman–Crippen LogP) is -0.152. The van der Waals surface area contributed by atoms with Crippen LogP contribution in [0.4, 0.5) is 0 Å². The largest absolute Gasteiger partial charge is 0.373 e.